The highest BCUT2D eigenvalue weighted by atomic mass is 16.1. The number of nitrogens with one attached hydrogen (secondary N) is 1. The molecule has 0 aliphatic carbocycles. The van der Waals surface area contributed by atoms with Crippen molar-refractivity contribution in [2.75, 3.05) is 18.0 Å². The standard InChI is InChI=1S/C16H23N5O/c1-11(2)19-16(22)12-4-8-21(9-5-12)15-13-6-7-20(3)14(13)17-10-18-15/h6-7,10-12H,4-5,8-9H2,1-3H3,(H,19,22). The van der Waals surface area contributed by atoms with Crippen LogP contribution in [-0.4, -0.2) is 39.6 Å². The van der Waals surface area contributed by atoms with Gasteiger partial charge in [-0.25, -0.2) is 9.97 Å². The van der Waals surface area contributed by atoms with Crippen molar-refractivity contribution in [3.05, 3.63) is 18.6 Å². The fourth-order valence-electron chi connectivity index (χ4n) is 3.07. The van der Waals surface area contributed by atoms with Gasteiger partial charge >= 0.3 is 0 Å². The van der Waals surface area contributed by atoms with Crippen LogP contribution < -0.4 is 10.2 Å². The van der Waals surface area contributed by atoms with Crippen molar-refractivity contribution in [3.63, 3.8) is 0 Å². The van der Waals surface area contributed by atoms with Gasteiger partial charge in [0.05, 0.1) is 5.39 Å². The zero-order valence-corrected chi connectivity index (χ0v) is 13.4. The summed E-state index contributed by atoms with van der Waals surface area (Å²) in [4.78, 5) is 23.2. The zero-order chi connectivity index (χ0) is 15.7. The lowest BCUT2D eigenvalue weighted by Crippen LogP contribution is -2.42. The van der Waals surface area contributed by atoms with Gasteiger partial charge in [0.15, 0.2) is 0 Å². The molecule has 1 aliphatic heterocycles. The second-order valence-corrected chi connectivity index (χ2v) is 6.29. The van der Waals surface area contributed by atoms with Gasteiger partial charge < -0.3 is 14.8 Å². The maximum absolute atomic E-state index is 12.1. The fourth-order valence-corrected chi connectivity index (χ4v) is 3.07. The quantitative estimate of drug-likeness (QED) is 0.937. The third kappa shape index (κ3) is 2.77. The van der Waals surface area contributed by atoms with Crippen LogP contribution in [0, 0.1) is 5.92 Å². The van der Waals surface area contributed by atoms with Crippen molar-refractivity contribution in [1.29, 1.82) is 0 Å². The van der Waals surface area contributed by atoms with E-state index in [0.29, 0.717) is 0 Å². The van der Waals surface area contributed by atoms with Gasteiger partial charge in [0.1, 0.15) is 17.8 Å². The molecule has 22 heavy (non-hydrogen) atoms. The number of amides is 1. The molecular formula is C16H23N5O. The van der Waals surface area contributed by atoms with E-state index in [9.17, 15) is 4.79 Å². The number of hydrogen-bond donors (Lipinski definition) is 1. The molecule has 0 bridgehead atoms. The molecule has 1 fully saturated rings. The molecular weight excluding hydrogens is 278 g/mol. The first-order valence-electron chi connectivity index (χ1n) is 7.87. The molecule has 0 radical (unpaired) electrons. The van der Waals surface area contributed by atoms with E-state index in [-0.39, 0.29) is 17.9 Å². The van der Waals surface area contributed by atoms with Crippen molar-refractivity contribution >= 4 is 22.8 Å². The largest absolute Gasteiger partial charge is 0.356 e. The number of aromatic nitrogens is 3. The van der Waals surface area contributed by atoms with Gasteiger partial charge in [-0.1, -0.05) is 0 Å². The second kappa shape index (κ2) is 5.94. The summed E-state index contributed by atoms with van der Waals surface area (Å²) >= 11 is 0. The van der Waals surface area contributed by atoms with Crippen LogP contribution in [0.5, 0.6) is 0 Å². The van der Waals surface area contributed by atoms with Crippen LogP contribution in [0.25, 0.3) is 11.0 Å². The van der Waals surface area contributed by atoms with Crippen molar-refractivity contribution in [2.45, 2.75) is 32.7 Å². The fraction of sp³-hybridized carbons (Fsp3) is 0.562. The Morgan fingerprint density at radius 1 is 1.32 bits per heavy atom. The number of hydrogen-bond acceptors (Lipinski definition) is 4. The Morgan fingerprint density at radius 3 is 2.73 bits per heavy atom. The molecule has 6 nitrogen and oxygen atoms in total. The number of fused-ring (bicyclic) bond motifs is 1. The van der Waals surface area contributed by atoms with Gasteiger partial charge in [0, 0.05) is 38.3 Å². The summed E-state index contributed by atoms with van der Waals surface area (Å²) in [6, 6.07) is 2.26. The van der Waals surface area contributed by atoms with E-state index in [1.54, 1.807) is 6.33 Å². The zero-order valence-electron chi connectivity index (χ0n) is 13.4. The number of carbonyl (C=O) groups excluding carboxylic acids is 1. The van der Waals surface area contributed by atoms with Crippen LogP contribution in [0.2, 0.25) is 0 Å². The summed E-state index contributed by atoms with van der Waals surface area (Å²) in [7, 11) is 1.99. The maximum Gasteiger partial charge on any atom is 0.223 e. The van der Waals surface area contributed by atoms with Crippen LogP contribution in [0.1, 0.15) is 26.7 Å². The van der Waals surface area contributed by atoms with Gasteiger partial charge in [0.2, 0.25) is 5.91 Å². The van der Waals surface area contributed by atoms with Crippen LogP contribution in [0.3, 0.4) is 0 Å². The summed E-state index contributed by atoms with van der Waals surface area (Å²) in [5.41, 5.74) is 0.949. The lowest BCUT2D eigenvalue weighted by atomic mass is 9.95. The third-order valence-corrected chi connectivity index (χ3v) is 4.24. The molecule has 0 atom stereocenters. The van der Waals surface area contributed by atoms with Gasteiger partial charge in [-0.3, -0.25) is 4.79 Å². The Labute approximate surface area is 130 Å². The molecule has 3 heterocycles. The molecule has 1 aliphatic rings. The molecule has 1 N–H and O–H groups in total. The average Bonchev–Trinajstić information content (AvgIpc) is 2.88. The molecule has 1 saturated heterocycles. The number of nitrogens with zero attached hydrogens (tertiary/aromatic N) is 4. The van der Waals surface area contributed by atoms with Gasteiger partial charge in [0.25, 0.3) is 0 Å². The normalized spacial score (nSPS) is 16.5. The van der Waals surface area contributed by atoms with E-state index in [1.165, 1.54) is 0 Å². The average molecular weight is 301 g/mol. The summed E-state index contributed by atoms with van der Waals surface area (Å²) in [6.07, 6.45) is 5.37. The van der Waals surface area contributed by atoms with E-state index < -0.39 is 0 Å². The lowest BCUT2D eigenvalue weighted by Gasteiger charge is -2.32. The summed E-state index contributed by atoms with van der Waals surface area (Å²) in [5, 5.41) is 4.09. The minimum Gasteiger partial charge on any atom is -0.356 e. The van der Waals surface area contributed by atoms with Crippen LogP contribution in [-0.2, 0) is 11.8 Å². The van der Waals surface area contributed by atoms with Crippen molar-refractivity contribution < 1.29 is 4.79 Å². The number of rotatable bonds is 3. The topological polar surface area (TPSA) is 63.1 Å². The predicted octanol–water partition coefficient (Wildman–Crippen LogP) is 1.71. The Hall–Kier alpha value is -2.11. The Balaban J connectivity index is 1.72. The predicted molar refractivity (Wildman–Crippen MR) is 86.7 cm³/mol. The highest BCUT2D eigenvalue weighted by molar-refractivity contribution is 5.88. The maximum atomic E-state index is 12.1. The van der Waals surface area contributed by atoms with Gasteiger partial charge in [-0.2, -0.15) is 0 Å². The third-order valence-electron chi connectivity index (χ3n) is 4.24. The van der Waals surface area contributed by atoms with Gasteiger partial charge in [-0.05, 0) is 32.8 Å². The first kappa shape index (κ1) is 14.8. The highest BCUT2D eigenvalue weighted by Gasteiger charge is 2.26. The summed E-state index contributed by atoms with van der Waals surface area (Å²) in [6.45, 7) is 5.72. The first-order valence-corrected chi connectivity index (χ1v) is 7.87. The van der Waals surface area contributed by atoms with E-state index in [1.807, 2.05) is 31.7 Å². The van der Waals surface area contributed by atoms with Crippen LogP contribution >= 0.6 is 0 Å². The minimum absolute atomic E-state index is 0.117. The van der Waals surface area contributed by atoms with E-state index in [4.69, 9.17) is 0 Å². The van der Waals surface area contributed by atoms with Crippen molar-refractivity contribution in [1.82, 2.24) is 19.9 Å². The molecule has 2 aromatic heterocycles. The second-order valence-electron chi connectivity index (χ2n) is 6.29. The number of piperidine rings is 1. The molecule has 3 rings (SSSR count). The number of anilines is 1. The molecule has 2 aromatic rings. The van der Waals surface area contributed by atoms with E-state index in [2.05, 4.69) is 26.3 Å². The van der Waals surface area contributed by atoms with Crippen molar-refractivity contribution in [2.24, 2.45) is 13.0 Å². The van der Waals surface area contributed by atoms with Gasteiger partial charge in [-0.15, -0.1) is 0 Å². The lowest BCUT2D eigenvalue weighted by molar-refractivity contribution is -0.126. The van der Waals surface area contributed by atoms with E-state index >= 15 is 0 Å². The molecule has 0 aromatic carbocycles. The number of carbonyl (C=O) groups is 1. The van der Waals surface area contributed by atoms with Crippen LogP contribution in [0.4, 0.5) is 5.82 Å². The monoisotopic (exact) mass is 301 g/mol. The van der Waals surface area contributed by atoms with Crippen molar-refractivity contribution in [3.8, 4) is 0 Å². The molecule has 6 heteroatoms. The molecule has 0 spiro atoms. The Morgan fingerprint density at radius 2 is 2.05 bits per heavy atom. The highest BCUT2D eigenvalue weighted by Crippen LogP contribution is 2.27. The first-order chi connectivity index (χ1) is 10.6. The Bertz CT molecular complexity index is 670. The SMILES string of the molecule is CC(C)NC(=O)C1CCN(c2ncnc3c2ccn3C)CC1. The summed E-state index contributed by atoms with van der Waals surface area (Å²) in [5.74, 6) is 1.28. The number of aryl methyl sites for hydroxylation is 1. The summed E-state index contributed by atoms with van der Waals surface area (Å²) < 4.78 is 2.00. The smallest absolute Gasteiger partial charge is 0.223 e. The Kier molecular flexibility index (Phi) is 4.00. The van der Waals surface area contributed by atoms with E-state index in [0.717, 1.165) is 42.8 Å². The molecule has 1 amide bonds. The van der Waals surface area contributed by atoms with Crippen LogP contribution in [0.15, 0.2) is 18.6 Å². The molecule has 0 saturated carbocycles. The molecule has 0 unspecified atom stereocenters. The molecule has 118 valence electrons. The minimum atomic E-state index is 0.117.